The second-order valence-electron chi connectivity index (χ2n) is 4.13. The van der Waals surface area contributed by atoms with E-state index in [0.29, 0.717) is 11.8 Å². The first kappa shape index (κ1) is 11.0. The van der Waals surface area contributed by atoms with Crippen molar-refractivity contribution in [3.8, 4) is 0 Å². The highest BCUT2D eigenvalue weighted by Gasteiger charge is 2.13. The normalized spacial score (nSPS) is 12.8. The quantitative estimate of drug-likeness (QED) is 0.601. The summed E-state index contributed by atoms with van der Waals surface area (Å²) in [6, 6.07) is 10.8. The maximum atomic E-state index is 3.79. The first-order valence-corrected chi connectivity index (χ1v) is 5.41. The predicted molar refractivity (Wildman–Crippen MR) is 63.5 cm³/mol. The van der Waals surface area contributed by atoms with Crippen LogP contribution in [0.5, 0.6) is 0 Å². The Kier molecular flexibility index (Phi) is 4.45. The van der Waals surface area contributed by atoms with Gasteiger partial charge < -0.3 is 0 Å². The van der Waals surface area contributed by atoms with Crippen molar-refractivity contribution in [2.45, 2.75) is 32.6 Å². The van der Waals surface area contributed by atoms with E-state index in [0.717, 1.165) is 6.42 Å². The Labute approximate surface area is 87.7 Å². The summed E-state index contributed by atoms with van der Waals surface area (Å²) in [5, 5.41) is 0. The summed E-state index contributed by atoms with van der Waals surface area (Å²) in [5.74, 6) is 1.38. The highest BCUT2D eigenvalue weighted by Crippen LogP contribution is 2.28. The molecule has 0 heteroatoms. The van der Waals surface area contributed by atoms with E-state index in [1.807, 2.05) is 6.08 Å². The van der Waals surface area contributed by atoms with Crippen LogP contribution in [0.2, 0.25) is 0 Å². The number of hydrogen-bond donors (Lipinski definition) is 0. The van der Waals surface area contributed by atoms with Crippen molar-refractivity contribution in [2.75, 3.05) is 0 Å². The van der Waals surface area contributed by atoms with Crippen molar-refractivity contribution in [3.63, 3.8) is 0 Å². The van der Waals surface area contributed by atoms with Gasteiger partial charge >= 0.3 is 0 Å². The van der Waals surface area contributed by atoms with Crippen LogP contribution in [0, 0.1) is 5.92 Å². The van der Waals surface area contributed by atoms with Crippen molar-refractivity contribution in [2.24, 2.45) is 5.92 Å². The molecule has 0 aliphatic rings. The Bertz CT molecular complexity index is 259. The van der Waals surface area contributed by atoms with Gasteiger partial charge in [0, 0.05) is 0 Å². The highest BCUT2D eigenvalue weighted by molar-refractivity contribution is 5.20. The molecule has 0 amide bonds. The molecule has 0 aliphatic heterocycles. The molecule has 0 spiro atoms. The van der Waals surface area contributed by atoms with Crippen LogP contribution in [0.15, 0.2) is 43.0 Å². The van der Waals surface area contributed by atoms with Crippen molar-refractivity contribution in [1.29, 1.82) is 0 Å². The molecule has 76 valence electrons. The second-order valence-corrected chi connectivity index (χ2v) is 4.13. The minimum atomic E-state index is 0.675. The molecule has 1 aromatic carbocycles. The molecule has 0 heterocycles. The van der Waals surface area contributed by atoms with Gasteiger partial charge in [-0.25, -0.2) is 0 Å². The van der Waals surface area contributed by atoms with Crippen molar-refractivity contribution >= 4 is 0 Å². The molecule has 0 fully saturated rings. The third-order valence-electron chi connectivity index (χ3n) is 2.71. The lowest BCUT2D eigenvalue weighted by molar-refractivity contribution is 0.471. The number of rotatable bonds is 5. The van der Waals surface area contributed by atoms with Gasteiger partial charge in [-0.15, -0.1) is 6.58 Å². The maximum Gasteiger partial charge on any atom is -0.0136 e. The maximum absolute atomic E-state index is 3.79. The summed E-state index contributed by atoms with van der Waals surface area (Å²) in [5.41, 5.74) is 1.46. The molecule has 0 aliphatic carbocycles. The van der Waals surface area contributed by atoms with Gasteiger partial charge in [-0.05, 0) is 30.2 Å². The summed E-state index contributed by atoms with van der Waals surface area (Å²) in [6.45, 7) is 8.37. The van der Waals surface area contributed by atoms with E-state index >= 15 is 0 Å². The van der Waals surface area contributed by atoms with Gasteiger partial charge in [-0.2, -0.15) is 0 Å². The number of benzene rings is 1. The Morgan fingerprint density at radius 3 is 2.36 bits per heavy atom. The molecule has 0 nitrogen and oxygen atoms in total. The predicted octanol–water partition coefficient (Wildman–Crippen LogP) is 4.39. The molecule has 0 saturated heterocycles. The van der Waals surface area contributed by atoms with Crippen LogP contribution in [0.3, 0.4) is 0 Å². The smallest absolute Gasteiger partial charge is 0.0136 e. The monoisotopic (exact) mass is 188 g/mol. The van der Waals surface area contributed by atoms with E-state index in [4.69, 9.17) is 0 Å². The van der Waals surface area contributed by atoms with Crippen LogP contribution < -0.4 is 0 Å². The zero-order chi connectivity index (χ0) is 10.4. The number of allylic oxidation sites excluding steroid dienone is 1. The fourth-order valence-corrected chi connectivity index (χ4v) is 1.88. The molecule has 0 aromatic heterocycles. The lowest BCUT2D eigenvalue weighted by atomic mass is 9.85. The summed E-state index contributed by atoms with van der Waals surface area (Å²) in [7, 11) is 0. The molecule has 1 unspecified atom stereocenters. The third-order valence-corrected chi connectivity index (χ3v) is 2.71. The molecule has 0 N–H and O–H groups in total. The molecule has 0 radical (unpaired) electrons. The van der Waals surface area contributed by atoms with Gasteiger partial charge in [0.15, 0.2) is 0 Å². The van der Waals surface area contributed by atoms with Crippen LogP contribution in [-0.2, 0) is 0 Å². The molecule has 1 atom stereocenters. The van der Waals surface area contributed by atoms with Crippen LogP contribution >= 0.6 is 0 Å². The van der Waals surface area contributed by atoms with Crippen molar-refractivity contribution in [1.82, 2.24) is 0 Å². The Balaban J connectivity index is 2.72. The Hall–Kier alpha value is -1.04. The molecular formula is C14H20. The summed E-state index contributed by atoms with van der Waals surface area (Å²) >= 11 is 0. The average Bonchev–Trinajstić information content (AvgIpc) is 2.19. The molecule has 0 saturated carbocycles. The van der Waals surface area contributed by atoms with E-state index in [9.17, 15) is 0 Å². The molecule has 0 bridgehead atoms. The molecule has 1 aromatic rings. The molecular weight excluding hydrogens is 168 g/mol. The average molecular weight is 188 g/mol. The highest BCUT2D eigenvalue weighted by atomic mass is 14.2. The standard InChI is InChI=1S/C14H20/c1-4-5-11-14(12(2)3)13-9-7-6-8-10-13/h4,6-10,12,14H,1,5,11H2,2-3H3. The van der Waals surface area contributed by atoms with Gasteiger partial charge in [0.2, 0.25) is 0 Å². The zero-order valence-electron chi connectivity index (χ0n) is 9.24. The lowest BCUT2D eigenvalue weighted by Crippen LogP contribution is -2.06. The summed E-state index contributed by atoms with van der Waals surface area (Å²) < 4.78 is 0. The topological polar surface area (TPSA) is 0 Å². The van der Waals surface area contributed by atoms with Gasteiger partial charge in [-0.3, -0.25) is 0 Å². The molecule has 14 heavy (non-hydrogen) atoms. The van der Waals surface area contributed by atoms with Crippen LogP contribution in [0.25, 0.3) is 0 Å². The Morgan fingerprint density at radius 1 is 1.21 bits per heavy atom. The third kappa shape index (κ3) is 3.02. The van der Waals surface area contributed by atoms with Crippen molar-refractivity contribution < 1.29 is 0 Å². The van der Waals surface area contributed by atoms with Crippen LogP contribution in [-0.4, -0.2) is 0 Å². The van der Waals surface area contributed by atoms with E-state index in [2.05, 4.69) is 50.8 Å². The summed E-state index contributed by atoms with van der Waals surface area (Å²) in [4.78, 5) is 0. The van der Waals surface area contributed by atoms with E-state index < -0.39 is 0 Å². The van der Waals surface area contributed by atoms with Gasteiger partial charge in [-0.1, -0.05) is 50.3 Å². The van der Waals surface area contributed by atoms with Gasteiger partial charge in [0.25, 0.3) is 0 Å². The van der Waals surface area contributed by atoms with E-state index in [1.165, 1.54) is 12.0 Å². The van der Waals surface area contributed by atoms with Gasteiger partial charge in [0.1, 0.15) is 0 Å². The SMILES string of the molecule is C=CCCC(c1ccccc1)C(C)C. The van der Waals surface area contributed by atoms with Gasteiger partial charge in [0.05, 0.1) is 0 Å². The fraction of sp³-hybridized carbons (Fsp3) is 0.429. The first-order chi connectivity index (χ1) is 6.75. The second kappa shape index (κ2) is 5.64. The Morgan fingerprint density at radius 2 is 1.86 bits per heavy atom. The van der Waals surface area contributed by atoms with E-state index in [-0.39, 0.29) is 0 Å². The minimum absolute atomic E-state index is 0.675. The lowest BCUT2D eigenvalue weighted by Gasteiger charge is -2.20. The number of hydrogen-bond acceptors (Lipinski definition) is 0. The molecule has 1 rings (SSSR count). The van der Waals surface area contributed by atoms with Crippen molar-refractivity contribution in [3.05, 3.63) is 48.6 Å². The van der Waals surface area contributed by atoms with Crippen LogP contribution in [0.4, 0.5) is 0 Å². The minimum Gasteiger partial charge on any atom is -0.103 e. The largest absolute Gasteiger partial charge is 0.103 e. The van der Waals surface area contributed by atoms with E-state index in [1.54, 1.807) is 0 Å². The summed E-state index contributed by atoms with van der Waals surface area (Å²) in [6.07, 6.45) is 4.33. The first-order valence-electron chi connectivity index (χ1n) is 5.41. The zero-order valence-corrected chi connectivity index (χ0v) is 9.24. The van der Waals surface area contributed by atoms with Crippen LogP contribution in [0.1, 0.15) is 38.2 Å². The fourth-order valence-electron chi connectivity index (χ4n) is 1.88.